The van der Waals surface area contributed by atoms with E-state index in [1.54, 1.807) is 13.2 Å². The summed E-state index contributed by atoms with van der Waals surface area (Å²) in [6.07, 6.45) is 4.03. The van der Waals surface area contributed by atoms with Crippen molar-refractivity contribution >= 4 is 17.6 Å². The van der Waals surface area contributed by atoms with E-state index >= 15 is 0 Å². The van der Waals surface area contributed by atoms with Crippen LogP contribution in [0, 0.1) is 22.0 Å². The molecule has 2 aliphatic carbocycles. The van der Waals surface area contributed by atoms with Gasteiger partial charge < -0.3 is 18.9 Å². The largest absolute Gasteiger partial charge is 0.496 e. The van der Waals surface area contributed by atoms with Gasteiger partial charge in [-0.25, -0.2) is 0 Å². The maximum absolute atomic E-state index is 11.6. The Morgan fingerprint density at radius 2 is 1.37 bits per heavy atom. The Labute approximate surface area is 204 Å². The van der Waals surface area contributed by atoms with Crippen LogP contribution >= 0.6 is 0 Å². The number of benzene rings is 2. The molecule has 188 valence electrons. The summed E-state index contributed by atoms with van der Waals surface area (Å²) in [4.78, 5) is 33.7. The van der Waals surface area contributed by atoms with Crippen LogP contribution in [0.2, 0.25) is 0 Å². The number of carbonyl (C=O) groups excluding carboxylic acids is 2. The summed E-state index contributed by atoms with van der Waals surface area (Å²) in [5.74, 6) is 0.842. The number of nitro benzene ring substituents is 1. The first-order valence-corrected chi connectivity index (χ1v) is 11.5. The quantitative estimate of drug-likeness (QED) is 0.356. The van der Waals surface area contributed by atoms with Gasteiger partial charge in [0.1, 0.15) is 11.5 Å². The molecule has 0 spiro atoms. The highest BCUT2D eigenvalue weighted by molar-refractivity contribution is 5.74. The Hall–Kier alpha value is -3.62. The van der Waals surface area contributed by atoms with Gasteiger partial charge in [-0.2, -0.15) is 0 Å². The van der Waals surface area contributed by atoms with Crippen molar-refractivity contribution in [1.29, 1.82) is 0 Å². The van der Waals surface area contributed by atoms with Crippen molar-refractivity contribution < 1.29 is 33.5 Å². The third-order valence-corrected chi connectivity index (χ3v) is 6.70. The first-order chi connectivity index (χ1) is 16.8. The number of carbonyl (C=O) groups is 2. The molecular formula is C26H31NO8. The van der Waals surface area contributed by atoms with Crippen LogP contribution < -0.4 is 9.47 Å². The monoisotopic (exact) mass is 485 g/mol. The summed E-state index contributed by atoms with van der Waals surface area (Å²) in [7, 11) is 6.00. The van der Waals surface area contributed by atoms with Gasteiger partial charge in [0.05, 0.1) is 45.2 Å². The first kappa shape index (κ1) is 26.0. The van der Waals surface area contributed by atoms with Crippen molar-refractivity contribution in [3.8, 4) is 11.5 Å². The van der Waals surface area contributed by atoms with E-state index in [9.17, 15) is 19.7 Å². The average Bonchev–Trinajstić information content (AvgIpc) is 2.90. The molecule has 2 unspecified atom stereocenters. The third-order valence-electron chi connectivity index (χ3n) is 6.70. The number of rotatable bonds is 5. The minimum absolute atomic E-state index is 0.00426. The molecule has 0 fully saturated rings. The summed E-state index contributed by atoms with van der Waals surface area (Å²) >= 11 is 0. The van der Waals surface area contributed by atoms with Crippen molar-refractivity contribution in [3.63, 3.8) is 0 Å². The van der Waals surface area contributed by atoms with Crippen molar-refractivity contribution in [2.75, 3.05) is 28.4 Å². The van der Waals surface area contributed by atoms with Crippen molar-refractivity contribution in [1.82, 2.24) is 0 Å². The molecule has 0 aromatic heterocycles. The van der Waals surface area contributed by atoms with Gasteiger partial charge in [-0.3, -0.25) is 19.7 Å². The summed E-state index contributed by atoms with van der Waals surface area (Å²) in [5.41, 5.74) is 3.92. The standard InChI is InChI=1S/C13H15NO5.C13H16O3/c1-18-12-6-5-11(14(16)17)10-7-8(13(15)19-2)3-4-9(10)12;1-15-12-5-3-4-9-8-10(13(14)16-2)6-7-11(9)12/h5-6,8H,3-4,7H2,1-2H3;3-5,10H,6-8H2,1-2H3. The van der Waals surface area contributed by atoms with Crippen LogP contribution in [0.3, 0.4) is 0 Å². The van der Waals surface area contributed by atoms with Gasteiger partial charge in [0.2, 0.25) is 0 Å². The molecule has 0 N–H and O–H groups in total. The van der Waals surface area contributed by atoms with E-state index < -0.39 is 4.92 Å². The lowest BCUT2D eigenvalue weighted by Gasteiger charge is -2.24. The fraction of sp³-hybridized carbons (Fsp3) is 0.462. The van der Waals surface area contributed by atoms with Crippen molar-refractivity contribution in [3.05, 3.63) is 62.7 Å². The molecule has 35 heavy (non-hydrogen) atoms. The Morgan fingerprint density at radius 3 is 1.94 bits per heavy atom. The second kappa shape index (κ2) is 11.7. The Morgan fingerprint density at radius 1 is 0.800 bits per heavy atom. The molecule has 0 bridgehead atoms. The third kappa shape index (κ3) is 5.72. The van der Waals surface area contributed by atoms with Gasteiger partial charge in [-0.05, 0) is 61.8 Å². The van der Waals surface area contributed by atoms with E-state index in [0.717, 1.165) is 30.6 Å². The molecule has 0 amide bonds. The van der Waals surface area contributed by atoms with Gasteiger partial charge in [0.25, 0.3) is 5.69 Å². The predicted octanol–water partition coefficient (Wildman–Crippen LogP) is 3.85. The first-order valence-electron chi connectivity index (χ1n) is 11.5. The van der Waals surface area contributed by atoms with Crippen molar-refractivity contribution in [2.24, 2.45) is 11.8 Å². The van der Waals surface area contributed by atoms with Crippen molar-refractivity contribution in [2.45, 2.75) is 38.5 Å². The molecule has 4 rings (SSSR count). The van der Waals surface area contributed by atoms with Crippen LogP contribution in [0.1, 0.15) is 35.1 Å². The Kier molecular flexibility index (Phi) is 8.68. The predicted molar refractivity (Wildman–Crippen MR) is 128 cm³/mol. The maximum atomic E-state index is 11.6. The van der Waals surface area contributed by atoms with Gasteiger partial charge in [-0.1, -0.05) is 12.1 Å². The Bertz CT molecular complexity index is 1100. The topological polar surface area (TPSA) is 114 Å². The van der Waals surface area contributed by atoms with Crippen LogP contribution in [-0.4, -0.2) is 45.3 Å². The normalized spacial score (nSPS) is 18.1. The minimum Gasteiger partial charge on any atom is -0.496 e. The van der Waals surface area contributed by atoms with Gasteiger partial charge in [-0.15, -0.1) is 0 Å². The molecule has 0 heterocycles. The lowest BCUT2D eigenvalue weighted by Crippen LogP contribution is -2.24. The van der Waals surface area contributed by atoms with Crippen LogP contribution in [-0.2, 0) is 44.7 Å². The molecule has 0 saturated carbocycles. The molecule has 0 aliphatic heterocycles. The van der Waals surface area contributed by atoms with Crippen LogP contribution in [0.5, 0.6) is 11.5 Å². The molecule has 2 aromatic rings. The van der Waals surface area contributed by atoms with E-state index in [4.69, 9.17) is 18.9 Å². The summed E-state index contributed by atoms with van der Waals surface area (Å²) in [6, 6.07) is 9.04. The van der Waals surface area contributed by atoms with Gasteiger partial charge in [0, 0.05) is 17.2 Å². The molecular weight excluding hydrogens is 454 g/mol. The van der Waals surface area contributed by atoms with E-state index in [2.05, 4.69) is 6.07 Å². The van der Waals surface area contributed by atoms with E-state index in [1.165, 1.54) is 38.5 Å². The number of hydrogen-bond donors (Lipinski definition) is 0. The highest BCUT2D eigenvalue weighted by Crippen LogP contribution is 2.38. The summed E-state index contributed by atoms with van der Waals surface area (Å²) < 4.78 is 20.1. The zero-order valence-electron chi connectivity index (χ0n) is 20.5. The fourth-order valence-corrected chi connectivity index (χ4v) is 4.89. The molecule has 0 saturated heterocycles. The summed E-state index contributed by atoms with van der Waals surface area (Å²) in [6.45, 7) is 0. The number of methoxy groups -OCH3 is 4. The van der Waals surface area contributed by atoms with Gasteiger partial charge in [0.15, 0.2) is 0 Å². The SMILES string of the molecule is COC(=O)C1CCc2c(OC)ccc([N+](=O)[O-])c2C1.COC(=O)C1CCc2c(cccc2OC)C1. The number of fused-ring (bicyclic) bond motifs is 2. The number of esters is 2. The Balaban J connectivity index is 0.000000198. The zero-order chi connectivity index (χ0) is 25.5. The van der Waals surface area contributed by atoms with E-state index in [-0.39, 0.29) is 29.5 Å². The van der Waals surface area contributed by atoms with Crippen LogP contribution in [0.15, 0.2) is 30.3 Å². The minimum atomic E-state index is -0.419. The number of ether oxygens (including phenoxy) is 4. The highest BCUT2D eigenvalue weighted by atomic mass is 16.6. The smallest absolute Gasteiger partial charge is 0.309 e. The van der Waals surface area contributed by atoms with E-state index in [1.807, 2.05) is 12.1 Å². The summed E-state index contributed by atoms with van der Waals surface area (Å²) in [5, 5.41) is 11.1. The second-order valence-electron chi connectivity index (χ2n) is 8.52. The average molecular weight is 486 g/mol. The number of nitro groups is 1. The van der Waals surface area contributed by atoms with E-state index in [0.29, 0.717) is 30.6 Å². The van der Waals surface area contributed by atoms with Crippen LogP contribution in [0.4, 0.5) is 5.69 Å². The molecule has 9 heteroatoms. The molecule has 2 aromatic carbocycles. The van der Waals surface area contributed by atoms with Crippen LogP contribution in [0.25, 0.3) is 0 Å². The zero-order valence-corrected chi connectivity index (χ0v) is 20.5. The molecule has 2 aliphatic rings. The maximum Gasteiger partial charge on any atom is 0.309 e. The number of hydrogen-bond acceptors (Lipinski definition) is 8. The molecule has 9 nitrogen and oxygen atoms in total. The lowest BCUT2D eigenvalue weighted by atomic mass is 9.82. The molecule has 2 atom stereocenters. The lowest BCUT2D eigenvalue weighted by molar-refractivity contribution is -0.385. The van der Waals surface area contributed by atoms with Gasteiger partial charge >= 0.3 is 11.9 Å². The number of nitrogens with zero attached hydrogens (tertiary/aromatic N) is 1. The molecule has 0 radical (unpaired) electrons. The second-order valence-corrected chi connectivity index (χ2v) is 8.52. The fourth-order valence-electron chi connectivity index (χ4n) is 4.89. The highest BCUT2D eigenvalue weighted by Gasteiger charge is 2.32.